The van der Waals surface area contributed by atoms with Crippen LogP contribution in [0.15, 0.2) is 23.1 Å². The third kappa shape index (κ3) is 4.03. The van der Waals surface area contributed by atoms with Gasteiger partial charge < -0.3 is 11.5 Å². The number of carbonyl (C=O) groups excluding carboxylic acids is 1. The van der Waals surface area contributed by atoms with Gasteiger partial charge in [-0.15, -0.1) is 0 Å². The molecule has 1 rings (SSSR count). The van der Waals surface area contributed by atoms with Gasteiger partial charge >= 0.3 is 0 Å². The molecule has 1 unspecified atom stereocenters. The lowest BCUT2D eigenvalue weighted by molar-refractivity contribution is 0.0999. The number of carbonyl (C=O) groups is 1. The van der Waals surface area contributed by atoms with Crippen LogP contribution in [0, 0.1) is 6.92 Å². The predicted molar refractivity (Wildman–Crippen MR) is 77.8 cm³/mol. The second kappa shape index (κ2) is 6.83. The van der Waals surface area contributed by atoms with Gasteiger partial charge in [0.2, 0.25) is 15.9 Å². The highest BCUT2D eigenvalue weighted by Gasteiger charge is 2.20. The quantitative estimate of drug-likeness (QED) is 0.680. The first kappa shape index (κ1) is 16.6. The molecule has 0 fully saturated rings. The maximum Gasteiger partial charge on any atom is 0.249 e. The van der Waals surface area contributed by atoms with Crippen molar-refractivity contribution in [3.8, 4) is 0 Å². The van der Waals surface area contributed by atoms with E-state index in [9.17, 15) is 13.2 Å². The number of rotatable bonds is 7. The van der Waals surface area contributed by atoms with Crippen LogP contribution >= 0.6 is 0 Å². The number of aryl methyl sites for hydroxylation is 1. The predicted octanol–water partition coefficient (Wildman–Crippen LogP) is 0.500. The van der Waals surface area contributed by atoms with Gasteiger partial charge in [0.25, 0.3) is 0 Å². The van der Waals surface area contributed by atoms with Crippen molar-refractivity contribution in [1.82, 2.24) is 4.72 Å². The summed E-state index contributed by atoms with van der Waals surface area (Å²) in [7, 11) is -3.70. The number of nitrogens with two attached hydrogens (primary N) is 2. The summed E-state index contributed by atoms with van der Waals surface area (Å²) in [4.78, 5) is 11.3. The summed E-state index contributed by atoms with van der Waals surface area (Å²) >= 11 is 0. The molecule has 0 bridgehead atoms. The highest BCUT2D eigenvalue weighted by molar-refractivity contribution is 7.89. The number of hydrogen-bond donors (Lipinski definition) is 3. The van der Waals surface area contributed by atoms with E-state index < -0.39 is 15.9 Å². The highest BCUT2D eigenvalue weighted by Crippen LogP contribution is 2.16. The second-order valence-electron chi connectivity index (χ2n) is 4.68. The second-order valence-corrected chi connectivity index (χ2v) is 6.40. The fraction of sp³-hybridized carbons (Fsp3) is 0.462. The minimum atomic E-state index is -3.70. The number of amides is 1. The van der Waals surface area contributed by atoms with Gasteiger partial charge in [0.15, 0.2) is 0 Å². The Morgan fingerprint density at radius 2 is 2.05 bits per heavy atom. The molecule has 0 aromatic heterocycles. The summed E-state index contributed by atoms with van der Waals surface area (Å²) in [5.41, 5.74) is 11.6. The lowest BCUT2D eigenvalue weighted by atomic mass is 10.1. The van der Waals surface area contributed by atoms with E-state index in [1.807, 2.05) is 6.92 Å². The third-order valence-corrected chi connectivity index (χ3v) is 4.55. The number of primary amides is 1. The molecule has 1 amide bonds. The Morgan fingerprint density at radius 3 is 2.55 bits per heavy atom. The Hall–Kier alpha value is -1.44. The SMILES string of the molecule is CCCC(CN)NS(=O)(=O)c1ccc(C)c(C(N)=O)c1. The molecule has 112 valence electrons. The summed E-state index contributed by atoms with van der Waals surface area (Å²) < 4.78 is 27.0. The Balaban J connectivity index is 3.09. The molecular formula is C13H21N3O3S. The first-order valence-corrected chi connectivity index (χ1v) is 7.93. The van der Waals surface area contributed by atoms with Gasteiger partial charge in [-0.3, -0.25) is 4.79 Å². The summed E-state index contributed by atoms with van der Waals surface area (Å²) in [5, 5.41) is 0. The summed E-state index contributed by atoms with van der Waals surface area (Å²) in [6, 6.07) is 3.98. The number of benzene rings is 1. The zero-order chi connectivity index (χ0) is 15.3. The maximum absolute atomic E-state index is 12.2. The molecule has 0 saturated carbocycles. The van der Waals surface area contributed by atoms with Crippen LogP contribution in [0.5, 0.6) is 0 Å². The molecule has 0 saturated heterocycles. The van der Waals surface area contributed by atoms with Gasteiger partial charge in [-0.25, -0.2) is 13.1 Å². The van der Waals surface area contributed by atoms with Gasteiger partial charge in [0, 0.05) is 18.2 Å². The topological polar surface area (TPSA) is 115 Å². The standard InChI is InChI=1S/C13H21N3O3S/c1-3-4-10(8-14)16-20(18,19)11-6-5-9(2)12(7-11)13(15)17/h5-7,10,16H,3-4,8,14H2,1-2H3,(H2,15,17). The Kier molecular flexibility index (Phi) is 5.67. The van der Waals surface area contributed by atoms with Crippen LogP contribution in [0.1, 0.15) is 35.7 Å². The van der Waals surface area contributed by atoms with E-state index in [1.165, 1.54) is 12.1 Å². The summed E-state index contributed by atoms with van der Waals surface area (Å²) in [5.74, 6) is -0.650. The average molecular weight is 299 g/mol. The normalized spacial score (nSPS) is 13.2. The average Bonchev–Trinajstić information content (AvgIpc) is 2.37. The zero-order valence-electron chi connectivity index (χ0n) is 11.7. The van der Waals surface area contributed by atoms with Crippen molar-refractivity contribution >= 4 is 15.9 Å². The lowest BCUT2D eigenvalue weighted by Crippen LogP contribution is -2.40. The van der Waals surface area contributed by atoms with Crippen molar-refractivity contribution in [2.45, 2.75) is 37.6 Å². The van der Waals surface area contributed by atoms with Crippen molar-refractivity contribution in [2.24, 2.45) is 11.5 Å². The van der Waals surface area contributed by atoms with Gasteiger partial charge in [-0.1, -0.05) is 19.4 Å². The molecule has 1 aromatic rings. The fourth-order valence-corrected chi connectivity index (χ4v) is 3.20. The van der Waals surface area contributed by atoms with Crippen LogP contribution in [0.2, 0.25) is 0 Å². The number of sulfonamides is 1. The molecule has 0 radical (unpaired) electrons. The van der Waals surface area contributed by atoms with Crippen molar-refractivity contribution in [3.05, 3.63) is 29.3 Å². The molecule has 1 atom stereocenters. The van der Waals surface area contributed by atoms with Crippen LogP contribution in [0.3, 0.4) is 0 Å². The molecule has 1 aromatic carbocycles. The van der Waals surface area contributed by atoms with Crippen molar-refractivity contribution in [3.63, 3.8) is 0 Å². The van der Waals surface area contributed by atoms with E-state index in [2.05, 4.69) is 4.72 Å². The molecule has 0 spiro atoms. The van der Waals surface area contributed by atoms with E-state index in [0.29, 0.717) is 12.0 Å². The zero-order valence-corrected chi connectivity index (χ0v) is 12.5. The summed E-state index contributed by atoms with van der Waals surface area (Å²) in [6.45, 7) is 3.87. The first-order chi connectivity index (χ1) is 9.31. The van der Waals surface area contributed by atoms with Crippen molar-refractivity contribution < 1.29 is 13.2 Å². The number of nitrogens with one attached hydrogen (secondary N) is 1. The van der Waals surface area contributed by atoms with Crippen molar-refractivity contribution in [2.75, 3.05) is 6.54 Å². The Morgan fingerprint density at radius 1 is 1.40 bits per heavy atom. The maximum atomic E-state index is 12.2. The van der Waals surface area contributed by atoms with Crippen LogP contribution in [-0.2, 0) is 10.0 Å². The summed E-state index contributed by atoms with van der Waals surface area (Å²) in [6.07, 6.45) is 1.48. The molecular weight excluding hydrogens is 278 g/mol. The molecule has 0 aliphatic rings. The molecule has 0 aliphatic heterocycles. The van der Waals surface area contributed by atoms with Gasteiger partial charge in [-0.2, -0.15) is 0 Å². The smallest absolute Gasteiger partial charge is 0.249 e. The monoisotopic (exact) mass is 299 g/mol. The molecule has 0 aliphatic carbocycles. The van der Waals surface area contributed by atoms with Gasteiger partial charge in [0.1, 0.15) is 0 Å². The Bertz CT molecular complexity index is 585. The molecule has 6 nitrogen and oxygen atoms in total. The van der Waals surface area contributed by atoms with Gasteiger partial charge in [-0.05, 0) is 31.0 Å². The van der Waals surface area contributed by atoms with E-state index in [4.69, 9.17) is 11.5 Å². The fourth-order valence-electron chi connectivity index (χ4n) is 1.89. The van der Waals surface area contributed by atoms with E-state index in [-0.39, 0.29) is 23.0 Å². The lowest BCUT2D eigenvalue weighted by Gasteiger charge is -2.16. The minimum absolute atomic E-state index is 0.0199. The van der Waals surface area contributed by atoms with E-state index in [1.54, 1.807) is 13.0 Å². The van der Waals surface area contributed by atoms with E-state index in [0.717, 1.165) is 6.42 Å². The molecule has 20 heavy (non-hydrogen) atoms. The highest BCUT2D eigenvalue weighted by atomic mass is 32.2. The third-order valence-electron chi connectivity index (χ3n) is 3.03. The first-order valence-electron chi connectivity index (χ1n) is 6.44. The van der Waals surface area contributed by atoms with Gasteiger partial charge in [0.05, 0.1) is 4.90 Å². The largest absolute Gasteiger partial charge is 0.366 e. The minimum Gasteiger partial charge on any atom is -0.366 e. The Labute approximate surface area is 119 Å². The molecule has 7 heteroatoms. The molecule has 5 N–H and O–H groups in total. The van der Waals surface area contributed by atoms with Crippen molar-refractivity contribution in [1.29, 1.82) is 0 Å². The molecule has 0 heterocycles. The van der Waals surface area contributed by atoms with Crippen LogP contribution in [-0.4, -0.2) is 26.9 Å². The van der Waals surface area contributed by atoms with Crippen LogP contribution < -0.4 is 16.2 Å². The van der Waals surface area contributed by atoms with Crippen LogP contribution in [0.4, 0.5) is 0 Å². The van der Waals surface area contributed by atoms with E-state index >= 15 is 0 Å². The number of hydrogen-bond acceptors (Lipinski definition) is 4. The van der Waals surface area contributed by atoms with Crippen LogP contribution in [0.25, 0.3) is 0 Å².